The molecular formula is C12H14O. The van der Waals surface area contributed by atoms with Crippen LogP contribution in [0.5, 0.6) is 0 Å². The summed E-state index contributed by atoms with van der Waals surface area (Å²) >= 11 is 0. The van der Waals surface area contributed by atoms with Gasteiger partial charge in [0.1, 0.15) is 0 Å². The van der Waals surface area contributed by atoms with Crippen LogP contribution in [-0.4, -0.2) is 11.2 Å². The van der Waals surface area contributed by atoms with Crippen LogP contribution < -0.4 is 0 Å². The fraction of sp³-hybridized carbons (Fsp3) is 0.333. The van der Waals surface area contributed by atoms with E-state index in [2.05, 4.69) is 11.8 Å². The number of benzene rings is 1. The molecule has 1 aromatic carbocycles. The number of hydrogen-bond acceptors (Lipinski definition) is 1. The molecule has 1 atom stereocenters. The smallest absolute Gasteiger partial charge is 0.0646 e. The Morgan fingerprint density at radius 3 is 2.62 bits per heavy atom. The highest BCUT2D eigenvalue weighted by Crippen LogP contribution is 1.97. The minimum atomic E-state index is -0.281. The van der Waals surface area contributed by atoms with Gasteiger partial charge in [-0.25, -0.2) is 0 Å². The zero-order valence-electron chi connectivity index (χ0n) is 7.83. The number of hydrogen-bond donors (Lipinski definition) is 1. The molecular weight excluding hydrogens is 160 g/mol. The lowest BCUT2D eigenvalue weighted by Crippen LogP contribution is -2.01. The van der Waals surface area contributed by atoms with E-state index in [9.17, 15) is 5.11 Å². The molecule has 13 heavy (non-hydrogen) atoms. The zero-order chi connectivity index (χ0) is 9.52. The van der Waals surface area contributed by atoms with Crippen molar-refractivity contribution < 1.29 is 5.11 Å². The van der Waals surface area contributed by atoms with Gasteiger partial charge in [-0.1, -0.05) is 37.0 Å². The molecule has 0 aliphatic rings. The summed E-state index contributed by atoms with van der Waals surface area (Å²) < 4.78 is 0. The molecule has 0 aliphatic heterocycles. The Bertz CT molecular complexity index is 292. The van der Waals surface area contributed by atoms with Gasteiger partial charge in [0.25, 0.3) is 0 Å². The Hall–Kier alpha value is -1.26. The van der Waals surface area contributed by atoms with E-state index in [1.165, 1.54) is 0 Å². The van der Waals surface area contributed by atoms with Gasteiger partial charge in [-0.15, -0.1) is 0 Å². The van der Waals surface area contributed by atoms with Crippen LogP contribution in [0.15, 0.2) is 30.3 Å². The van der Waals surface area contributed by atoms with E-state index in [0.29, 0.717) is 6.42 Å². The summed E-state index contributed by atoms with van der Waals surface area (Å²) in [5, 5.41) is 9.23. The first-order chi connectivity index (χ1) is 6.33. The Kier molecular flexibility index (Phi) is 4.08. The van der Waals surface area contributed by atoms with Crippen LogP contribution in [-0.2, 0) is 0 Å². The average molecular weight is 174 g/mol. The standard InChI is InChI=1S/C12H14O/c1-2-12(13)10-6-9-11-7-4-3-5-8-11/h3-5,7-8,12-13H,2,10H2,1H3. The van der Waals surface area contributed by atoms with Crippen LogP contribution in [0.4, 0.5) is 0 Å². The molecule has 1 rings (SSSR count). The Balaban J connectivity index is 2.49. The second-order valence-electron chi connectivity index (χ2n) is 2.93. The predicted molar refractivity (Wildman–Crippen MR) is 54.2 cm³/mol. The van der Waals surface area contributed by atoms with Crippen LogP contribution in [0, 0.1) is 11.8 Å². The molecule has 0 aliphatic carbocycles. The van der Waals surface area contributed by atoms with Crippen molar-refractivity contribution in [2.24, 2.45) is 0 Å². The second-order valence-corrected chi connectivity index (χ2v) is 2.93. The van der Waals surface area contributed by atoms with Gasteiger partial charge in [0.15, 0.2) is 0 Å². The van der Waals surface area contributed by atoms with Crippen molar-refractivity contribution in [1.82, 2.24) is 0 Å². The molecule has 1 heteroatoms. The molecule has 0 fully saturated rings. The highest BCUT2D eigenvalue weighted by atomic mass is 16.3. The summed E-state index contributed by atoms with van der Waals surface area (Å²) in [6, 6.07) is 9.81. The van der Waals surface area contributed by atoms with E-state index in [0.717, 1.165) is 12.0 Å². The van der Waals surface area contributed by atoms with E-state index in [1.54, 1.807) is 0 Å². The highest BCUT2D eigenvalue weighted by Gasteiger charge is 1.94. The van der Waals surface area contributed by atoms with E-state index >= 15 is 0 Å². The first-order valence-electron chi connectivity index (χ1n) is 4.55. The molecule has 0 spiro atoms. The van der Waals surface area contributed by atoms with Gasteiger partial charge >= 0.3 is 0 Å². The van der Waals surface area contributed by atoms with Crippen molar-refractivity contribution in [3.05, 3.63) is 35.9 Å². The third-order valence-electron chi connectivity index (χ3n) is 1.82. The normalized spacial score (nSPS) is 11.5. The lowest BCUT2D eigenvalue weighted by Gasteiger charge is -1.98. The fourth-order valence-electron chi connectivity index (χ4n) is 0.937. The largest absolute Gasteiger partial charge is 0.392 e. The van der Waals surface area contributed by atoms with Gasteiger partial charge in [-0.3, -0.25) is 0 Å². The van der Waals surface area contributed by atoms with E-state index < -0.39 is 0 Å². The summed E-state index contributed by atoms with van der Waals surface area (Å²) in [5.41, 5.74) is 1.01. The summed E-state index contributed by atoms with van der Waals surface area (Å²) in [4.78, 5) is 0. The summed E-state index contributed by atoms with van der Waals surface area (Å²) in [7, 11) is 0. The molecule has 0 radical (unpaired) electrons. The maximum atomic E-state index is 9.23. The molecule has 68 valence electrons. The van der Waals surface area contributed by atoms with Crippen molar-refractivity contribution in [2.75, 3.05) is 0 Å². The first-order valence-corrected chi connectivity index (χ1v) is 4.55. The highest BCUT2D eigenvalue weighted by molar-refractivity contribution is 5.33. The number of aliphatic hydroxyl groups is 1. The van der Waals surface area contributed by atoms with Crippen molar-refractivity contribution in [1.29, 1.82) is 0 Å². The zero-order valence-corrected chi connectivity index (χ0v) is 7.83. The van der Waals surface area contributed by atoms with Gasteiger partial charge < -0.3 is 5.11 Å². The molecule has 1 unspecified atom stereocenters. The SMILES string of the molecule is CCC(O)CC#Cc1ccccc1. The van der Waals surface area contributed by atoms with Crippen molar-refractivity contribution in [3.63, 3.8) is 0 Å². The molecule has 1 aromatic rings. The van der Waals surface area contributed by atoms with Crippen LogP contribution >= 0.6 is 0 Å². The van der Waals surface area contributed by atoms with Crippen LogP contribution in [0.3, 0.4) is 0 Å². The summed E-state index contributed by atoms with van der Waals surface area (Å²) in [6.07, 6.45) is 1.05. The van der Waals surface area contributed by atoms with Crippen molar-refractivity contribution in [2.45, 2.75) is 25.9 Å². The average Bonchev–Trinajstić information content (AvgIpc) is 2.19. The lowest BCUT2D eigenvalue weighted by molar-refractivity contribution is 0.176. The third kappa shape index (κ3) is 3.78. The number of rotatable bonds is 2. The number of aliphatic hydroxyl groups excluding tert-OH is 1. The Morgan fingerprint density at radius 1 is 1.31 bits per heavy atom. The van der Waals surface area contributed by atoms with Crippen LogP contribution in [0.1, 0.15) is 25.3 Å². The van der Waals surface area contributed by atoms with E-state index in [-0.39, 0.29) is 6.10 Å². The Labute approximate surface area is 79.4 Å². The summed E-state index contributed by atoms with van der Waals surface area (Å²) in [6.45, 7) is 1.95. The van der Waals surface area contributed by atoms with Crippen molar-refractivity contribution >= 4 is 0 Å². The van der Waals surface area contributed by atoms with Crippen LogP contribution in [0.25, 0.3) is 0 Å². The monoisotopic (exact) mass is 174 g/mol. The predicted octanol–water partition coefficient (Wildman–Crippen LogP) is 2.20. The molecule has 1 nitrogen and oxygen atoms in total. The van der Waals surface area contributed by atoms with Crippen LogP contribution in [0.2, 0.25) is 0 Å². The summed E-state index contributed by atoms with van der Waals surface area (Å²) in [5.74, 6) is 5.95. The minimum Gasteiger partial charge on any atom is -0.392 e. The molecule has 0 saturated carbocycles. The molecule has 0 bridgehead atoms. The third-order valence-corrected chi connectivity index (χ3v) is 1.82. The molecule has 1 N–H and O–H groups in total. The Morgan fingerprint density at radius 2 is 2.00 bits per heavy atom. The van der Waals surface area contributed by atoms with Gasteiger partial charge in [0, 0.05) is 12.0 Å². The second kappa shape index (κ2) is 5.40. The molecule has 0 heterocycles. The van der Waals surface area contributed by atoms with Crippen molar-refractivity contribution in [3.8, 4) is 11.8 Å². The maximum absolute atomic E-state index is 9.23. The minimum absolute atomic E-state index is 0.281. The topological polar surface area (TPSA) is 20.2 Å². The van der Waals surface area contributed by atoms with Gasteiger partial charge in [-0.2, -0.15) is 0 Å². The quantitative estimate of drug-likeness (QED) is 0.681. The lowest BCUT2D eigenvalue weighted by atomic mass is 10.2. The first kappa shape index (κ1) is 9.83. The molecule has 0 amide bonds. The fourth-order valence-corrected chi connectivity index (χ4v) is 0.937. The molecule has 0 aromatic heterocycles. The molecule has 0 saturated heterocycles. The maximum Gasteiger partial charge on any atom is 0.0646 e. The van der Waals surface area contributed by atoms with Gasteiger partial charge in [0.05, 0.1) is 6.10 Å². The van der Waals surface area contributed by atoms with Gasteiger partial charge in [-0.05, 0) is 18.6 Å². The van der Waals surface area contributed by atoms with E-state index in [1.807, 2.05) is 37.3 Å². The van der Waals surface area contributed by atoms with E-state index in [4.69, 9.17) is 0 Å². The van der Waals surface area contributed by atoms with Gasteiger partial charge in [0.2, 0.25) is 0 Å².